The van der Waals surface area contributed by atoms with Gasteiger partial charge < -0.3 is 31.7 Å². The number of benzene rings is 15. The number of nitrogens with zero attached hydrogens (tertiary/aromatic N) is 5. The van der Waals surface area contributed by atoms with Crippen molar-refractivity contribution in [2.45, 2.75) is 0 Å². The lowest BCUT2D eigenvalue weighted by Crippen LogP contribution is -2.51. The Morgan fingerprint density at radius 3 is 0.990 bits per heavy atom. The summed E-state index contributed by atoms with van der Waals surface area (Å²) in [4.78, 5) is 0. The topological polar surface area (TPSA) is 50.9 Å². The number of rotatable bonds is 8. The van der Waals surface area contributed by atoms with Gasteiger partial charge in [0.05, 0.1) is 55.2 Å². The van der Waals surface area contributed by atoms with Crippen molar-refractivity contribution in [1.82, 2.24) is 22.8 Å². The predicted octanol–water partition coefficient (Wildman–Crippen LogP) is 21.5. The van der Waals surface area contributed by atoms with Crippen LogP contribution >= 0.6 is 0 Å². The van der Waals surface area contributed by atoms with Gasteiger partial charge in [-0.2, -0.15) is 0 Å². The Labute approximate surface area is 560 Å². The Balaban J connectivity index is 0.799. The molecule has 7 aromatic heterocycles. The summed E-state index contributed by atoms with van der Waals surface area (Å²) in [7, 11) is 0. The van der Waals surface area contributed by atoms with Crippen LogP contribution in [0, 0.1) is 0 Å². The van der Waals surface area contributed by atoms with Crippen molar-refractivity contribution in [2.75, 3.05) is 0 Å². The van der Waals surface area contributed by atoms with Crippen LogP contribution in [0.5, 0.6) is 0 Å². The van der Waals surface area contributed by atoms with Gasteiger partial charge in [-0.1, -0.05) is 211 Å². The second-order valence-electron chi connectivity index (χ2n) is 26.3. The van der Waals surface area contributed by atoms with Crippen molar-refractivity contribution in [3.63, 3.8) is 0 Å². The number of fused-ring (bicyclic) bond motifs is 23. The van der Waals surface area contributed by atoms with Crippen LogP contribution in [0.25, 0.3) is 181 Å². The molecule has 0 saturated carbocycles. The van der Waals surface area contributed by atoms with Crippen LogP contribution in [0.3, 0.4) is 0 Å². The standard InChI is InChI=1S/C90H54BN5O2/c1-3-20-55(21-4-1)91(56-22-5-2-6-23-56)57-24-19-25-58(50-57)92-79-44-38-59(93-77-34-15-9-30-69(77)87-81(93)46-42-67-63-26-7-13-32-75(63)95(89(67)87)61-40-48-85-73(53-61)65-28-11-17-36-83(65)97-85)51-71(79)72-52-60(39-45-80(72)92)94-78-35-16-10-31-70(78)88-82(94)47-43-68-64-27-8-14-33-76(64)96(90(68)88)62-41-49-86-74(54-62)66-29-12-18-37-84(66)98-86/h1-54H. The monoisotopic (exact) mass is 1250 g/mol. The zero-order valence-corrected chi connectivity index (χ0v) is 52.8. The minimum absolute atomic E-state index is 0.0199. The zero-order valence-electron chi connectivity index (χ0n) is 52.8. The van der Waals surface area contributed by atoms with E-state index in [1.54, 1.807) is 0 Å². The lowest BCUT2D eigenvalue weighted by Gasteiger charge is -2.17. The summed E-state index contributed by atoms with van der Waals surface area (Å²) in [6.07, 6.45) is 0. The minimum Gasteiger partial charge on any atom is -0.456 e. The number of hydrogen-bond donors (Lipinski definition) is 0. The van der Waals surface area contributed by atoms with Gasteiger partial charge >= 0.3 is 0 Å². The summed E-state index contributed by atoms with van der Waals surface area (Å²) < 4.78 is 25.3. The molecule has 22 aromatic rings. The summed E-state index contributed by atoms with van der Waals surface area (Å²) in [5.41, 5.74) is 24.1. The van der Waals surface area contributed by atoms with Crippen LogP contribution in [-0.2, 0) is 0 Å². The van der Waals surface area contributed by atoms with Gasteiger partial charge in [-0.25, -0.2) is 0 Å². The van der Waals surface area contributed by atoms with Crippen molar-refractivity contribution < 1.29 is 8.83 Å². The third kappa shape index (κ3) is 7.48. The molecule has 0 amide bonds. The van der Waals surface area contributed by atoms with Gasteiger partial charge in [-0.3, -0.25) is 0 Å². The molecule has 0 aliphatic heterocycles. The van der Waals surface area contributed by atoms with E-state index in [-0.39, 0.29) is 6.71 Å². The molecular weight excluding hydrogens is 1190 g/mol. The molecule has 0 saturated heterocycles. The largest absolute Gasteiger partial charge is 0.456 e. The second kappa shape index (κ2) is 20.2. The highest BCUT2D eigenvalue weighted by Gasteiger charge is 2.27. The molecule has 8 heteroatoms. The van der Waals surface area contributed by atoms with E-state index in [1.165, 1.54) is 70.5 Å². The first kappa shape index (κ1) is 53.3. The van der Waals surface area contributed by atoms with Crippen molar-refractivity contribution >= 4 is 176 Å². The lowest BCUT2D eigenvalue weighted by atomic mass is 9.37. The van der Waals surface area contributed by atoms with E-state index in [0.29, 0.717) is 0 Å². The molecule has 98 heavy (non-hydrogen) atoms. The SMILES string of the molecule is c1ccc(B(c2ccccc2)c2cccc(-n3c4ccc(-n5c6ccccc6c6c5ccc5c7ccccc7n(-c7ccc8oc9ccccc9c8c7)c56)cc4c4cc(-n5c6ccccc6c6c5ccc5c7ccccc7n(-c7ccc8oc9ccccc9c8c7)c56)ccc43)c2)cc1. The Morgan fingerprint density at radius 1 is 0.184 bits per heavy atom. The molecule has 0 bridgehead atoms. The normalized spacial score (nSPS) is 12.3. The molecule has 454 valence electrons. The number of aromatic nitrogens is 5. The summed E-state index contributed by atoms with van der Waals surface area (Å²) >= 11 is 0. The first-order chi connectivity index (χ1) is 48.6. The Hall–Kier alpha value is -13.0. The van der Waals surface area contributed by atoms with Crippen LogP contribution in [0.15, 0.2) is 336 Å². The van der Waals surface area contributed by atoms with E-state index in [0.717, 1.165) is 127 Å². The van der Waals surface area contributed by atoms with Crippen molar-refractivity contribution in [1.29, 1.82) is 0 Å². The fraction of sp³-hybridized carbons (Fsp3) is 0. The second-order valence-corrected chi connectivity index (χ2v) is 26.3. The van der Waals surface area contributed by atoms with Gasteiger partial charge in [0.2, 0.25) is 6.71 Å². The number of hydrogen-bond acceptors (Lipinski definition) is 2. The van der Waals surface area contributed by atoms with Gasteiger partial charge in [-0.15, -0.1) is 0 Å². The molecule has 0 aliphatic rings. The summed E-state index contributed by atoms with van der Waals surface area (Å²) in [5, 5.41) is 16.3. The zero-order chi connectivity index (χ0) is 63.8. The van der Waals surface area contributed by atoms with E-state index >= 15 is 0 Å². The van der Waals surface area contributed by atoms with Gasteiger partial charge in [0.25, 0.3) is 0 Å². The maximum atomic E-state index is 6.41. The number of para-hydroxylation sites is 6. The van der Waals surface area contributed by atoms with Gasteiger partial charge in [0.1, 0.15) is 22.3 Å². The fourth-order valence-corrected chi connectivity index (χ4v) is 17.1. The summed E-state index contributed by atoms with van der Waals surface area (Å²) in [6.45, 7) is 0.0199. The van der Waals surface area contributed by atoms with E-state index < -0.39 is 0 Å². The van der Waals surface area contributed by atoms with Crippen molar-refractivity contribution in [3.8, 4) is 28.4 Å². The van der Waals surface area contributed by atoms with Crippen LogP contribution in [0.1, 0.15) is 0 Å². The van der Waals surface area contributed by atoms with E-state index in [9.17, 15) is 0 Å². The molecule has 0 radical (unpaired) electrons. The molecule has 22 rings (SSSR count). The highest BCUT2D eigenvalue weighted by molar-refractivity contribution is 6.95. The average molecular weight is 1250 g/mol. The average Bonchev–Trinajstić information content (AvgIpc) is 1.55. The quantitative estimate of drug-likeness (QED) is 0.142. The Kier molecular flexibility index (Phi) is 11.0. The molecule has 15 aromatic carbocycles. The first-order valence-corrected chi connectivity index (χ1v) is 33.7. The lowest BCUT2D eigenvalue weighted by molar-refractivity contribution is 0.668. The smallest absolute Gasteiger partial charge is 0.241 e. The van der Waals surface area contributed by atoms with Gasteiger partial charge in [-0.05, 0) is 133 Å². The maximum Gasteiger partial charge on any atom is 0.241 e. The number of furan rings is 2. The summed E-state index contributed by atoms with van der Waals surface area (Å²) in [5.74, 6) is 0. The van der Waals surface area contributed by atoms with Crippen LogP contribution in [0.4, 0.5) is 0 Å². The van der Waals surface area contributed by atoms with Gasteiger partial charge in [0, 0.05) is 104 Å². The van der Waals surface area contributed by atoms with E-state index in [1.807, 2.05) is 12.1 Å². The van der Waals surface area contributed by atoms with E-state index in [4.69, 9.17) is 8.83 Å². The molecule has 7 nitrogen and oxygen atoms in total. The molecule has 0 spiro atoms. The minimum atomic E-state index is 0.0199. The third-order valence-electron chi connectivity index (χ3n) is 21.2. The molecule has 0 N–H and O–H groups in total. The van der Waals surface area contributed by atoms with Crippen LogP contribution < -0.4 is 16.4 Å². The summed E-state index contributed by atoms with van der Waals surface area (Å²) in [6, 6.07) is 121. The molecular formula is C90H54BN5O2. The highest BCUT2D eigenvalue weighted by atomic mass is 16.3. The van der Waals surface area contributed by atoms with Crippen LogP contribution in [-0.4, -0.2) is 29.5 Å². The predicted molar refractivity (Wildman–Crippen MR) is 410 cm³/mol. The van der Waals surface area contributed by atoms with E-state index in [2.05, 4.69) is 338 Å². The van der Waals surface area contributed by atoms with Crippen molar-refractivity contribution in [3.05, 3.63) is 328 Å². The van der Waals surface area contributed by atoms with Crippen LogP contribution in [0.2, 0.25) is 0 Å². The fourth-order valence-electron chi connectivity index (χ4n) is 17.1. The molecule has 7 heterocycles. The third-order valence-corrected chi connectivity index (χ3v) is 21.2. The Bertz CT molecular complexity index is 6730. The molecule has 0 fully saturated rings. The van der Waals surface area contributed by atoms with Gasteiger partial charge in [0.15, 0.2) is 0 Å². The Morgan fingerprint density at radius 2 is 0.510 bits per heavy atom. The first-order valence-electron chi connectivity index (χ1n) is 33.7. The highest BCUT2D eigenvalue weighted by Crippen LogP contribution is 2.47. The molecule has 0 unspecified atom stereocenters. The molecule has 0 atom stereocenters. The molecule has 0 aliphatic carbocycles. The van der Waals surface area contributed by atoms with Crippen molar-refractivity contribution in [2.24, 2.45) is 0 Å². The maximum absolute atomic E-state index is 6.41.